The Morgan fingerprint density at radius 1 is 1.50 bits per heavy atom. The number of nitrogens with zero attached hydrogens (tertiary/aromatic N) is 2. The second kappa shape index (κ2) is 3.17. The average molecular weight is 168 g/mol. The quantitative estimate of drug-likeness (QED) is 0.674. The lowest BCUT2D eigenvalue weighted by molar-refractivity contribution is 0.315. The highest BCUT2D eigenvalue weighted by molar-refractivity contribution is 5.05. The maximum Gasteiger partial charge on any atom is 0.232 e. The summed E-state index contributed by atoms with van der Waals surface area (Å²) in [6, 6.07) is 1.87. The van der Waals surface area contributed by atoms with Crippen LogP contribution in [0.3, 0.4) is 0 Å². The topological polar surface area (TPSA) is 27.1 Å². The maximum absolute atomic E-state index is 4.98. The van der Waals surface area contributed by atoms with Crippen LogP contribution >= 0.6 is 0 Å². The van der Waals surface area contributed by atoms with Crippen LogP contribution < -0.4 is 4.74 Å². The van der Waals surface area contributed by atoms with E-state index in [9.17, 15) is 0 Å². The maximum atomic E-state index is 4.98. The Morgan fingerprint density at radius 3 is 2.58 bits per heavy atom. The summed E-state index contributed by atoms with van der Waals surface area (Å²) in [6.07, 6.45) is 1.93. The van der Waals surface area contributed by atoms with E-state index >= 15 is 0 Å². The first-order valence-corrected chi connectivity index (χ1v) is 4.09. The van der Waals surface area contributed by atoms with Crippen LogP contribution in [-0.2, 0) is 6.54 Å². The minimum absolute atomic E-state index is 0.261. The third kappa shape index (κ3) is 2.57. The van der Waals surface area contributed by atoms with Gasteiger partial charge in [0.15, 0.2) is 0 Å². The standard InChI is InChI=1S/C9H16N2O/c1-9(2,3)7-11-6-5-8(10-11)12-4/h5-6H,7H2,1-4H3. The summed E-state index contributed by atoms with van der Waals surface area (Å²) < 4.78 is 6.88. The fourth-order valence-corrected chi connectivity index (χ4v) is 1.03. The molecule has 1 rings (SSSR count). The van der Waals surface area contributed by atoms with Crippen molar-refractivity contribution in [3.8, 4) is 5.88 Å². The molecule has 0 atom stereocenters. The van der Waals surface area contributed by atoms with Gasteiger partial charge in [-0.25, -0.2) is 0 Å². The van der Waals surface area contributed by atoms with Gasteiger partial charge in [-0.2, -0.15) is 0 Å². The zero-order chi connectivity index (χ0) is 9.19. The van der Waals surface area contributed by atoms with Crippen molar-refractivity contribution in [2.75, 3.05) is 7.11 Å². The van der Waals surface area contributed by atoms with Crippen LogP contribution in [0.25, 0.3) is 0 Å². The summed E-state index contributed by atoms with van der Waals surface area (Å²) in [7, 11) is 1.63. The Morgan fingerprint density at radius 2 is 2.17 bits per heavy atom. The van der Waals surface area contributed by atoms with Crippen molar-refractivity contribution < 1.29 is 4.74 Å². The number of rotatable bonds is 2. The molecule has 0 aliphatic heterocycles. The van der Waals surface area contributed by atoms with Gasteiger partial charge in [-0.15, -0.1) is 5.10 Å². The van der Waals surface area contributed by atoms with Crippen LogP contribution in [0.5, 0.6) is 5.88 Å². The lowest BCUT2D eigenvalue weighted by atomic mass is 9.97. The molecule has 0 aromatic carbocycles. The SMILES string of the molecule is COc1ccn(CC(C)(C)C)n1. The summed E-state index contributed by atoms with van der Waals surface area (Å²) >= 11 is 0. The van der Waals surface area contributed by atoms with Gasteiger partial charge in [0.2, 0.25) is 5.88 Å². The van der Waals surface area contributed by atoms with E-state index in [1.165, 1.54) is 0 Å². The highest BCUT2D eigenvalue weighted by Gasteiger charge is 2.11. The molecule has 0 N–H and O–H groups in total. The molecule has 1 aromatic heterocycles. The van der Waals surface area contributed by atoms with Gasteiger partial charge >= 0.3 is 0 Å². The van der Waals surface area contributed by atoms with Gasteiger partial charge in [0.05, 0.1) is 7.11 Å². The van der Waals surface area contributed by atoms with E-state index in [0.29, 0.717) is 5.88 Å². The third-order valence-electron chi connectivity index (χ3n) is 1.46. The van der Waals surface area contributed by atoms with Gasteiger partial charge in [-0.05, 0) is 5.41 Å². The molecule has 3 heteroatoms. The van der Waals surface area contributed by atoms with E-state index in [1.807, 2.05) is 16.9 Å². The zero-order valence-electron chi connectivity index (χ0n) is 8.16. The van der Waals surface area contributed by atoms with Gasteiger partial charge in [0.25, 0.3) is 0 Å². The molecule has 0 fully saturated rings. The zero-order valence-corrected chi connectivity index (χ0v) is 8.16. The summed E-state index contributed by atoms with van der Waals surface area (Å²) in [5, 5.41) is 4.21. The first kappa shape index (κ1) is 9.10. The van der Waals surface area contributed by atoms with Gasteiger partial charge in [0, 0.05) is 18.8 Å². The Hall–Kier alpha value is -0.990. The summed E-state index contributed by atoms with van der Waals surface area (Å²) in [5.74, 6) is 0.680. The van der Waals surface area contributed by atoms with Crippen molar-refractivity contribution >= 4 is 0 Å². The van der Waals surface area contributed by atoms with E-state index in [4.69, 9.17) is 4.74 Å². The fourth-order valence-electron chi connectivity index (χ4n) is 1.03. The van der Waals surface area contributed by atoms with Crippen LogP contribution in [0.4, 0.5) is 0 Å². The second-order valence-electron chi connectivity index (χ2n) is 4.12. The van der Waals surface area contributed by atoms with Crippen molar-refractivity contribution in [2.45, 2.75) is 27.3 Å². The Bertz CT molecular complexity index is 247. The molecule has 0 aliphatic carbocycles. The van der Waals surface area contributed by atoms with Crippen LogP contribution in [0, 0.1) is 5.41 Å². The summed E-state index contributed by atoms with van der Waals surface area (Å²) in [5.41, 5.74) is 0.261. The molecule has 0 unspecified atom stereocenters. The minimum Gasteiger partial charge on any atom is -0.480 e. The number of methoxy groups -OCH3 is 1. The molecule has 0 aliphatic rings. The van der Waals surface area contributed by atoms with Gasteiger partial charge < -0.3 is 4.74 Å². The first-order valence-electron chi connectivity index (χ1n) is 4.09. The smallest absolute Gasteiger partial charge is 0.232 e. The van der Waals surface area contributed by atoms with Crippen LogP contribution in [0.1, 0.15) is 20.8 Å². The largest absolute Gasteiger partial charge is 0.480 e. The highest BCUT2D eigenvalue weighted by Crippen LogP contribution is 2.16. The fraction of sp³-hybridized carbons (Fsp3) is 0.667. The van der Waals surface area contributed by atoms with Gasteiger partial charge in [-0.1, -0.05) is 20.8 Å². The molecular formula is C9H16N2O. The molecule has 0 saturated carbocycles. The lowest BCUT2D eigenvalue weighted by Crippen LogP contribution is -2.15. The lowest BCUT2D eigenvalue weighted by Gasteiger charge is -2.17. The first-order chi connectivity index (χ1) is 5.51. The monoisotopic (exact) mass is 168 g/mol. The number of hydrogen-bond donors (Lipinski definition) is 0. The molecule has 3 nitrogen and oxygen atoms in total. The van der Waals surface area contributed by atoms with Crippen LogP contribution in [-0.4, -0.2) is 16.9 Å². The molecule has 12 heavy (non-hydrogen) atoms. The highest BCUT2D eigenvalue weighted by atomic mass is 16.5. The van der Waals surface area contributed by atoms with E-state index in [1.54, 1.807) is 7.11 Å². The second-order valence-corrected chi connectivity index (χ2v) is 4.12. The molecule has 1 aromatic rings. The van der Waals surface area contributed by atoms with Gasteiger partial charge in [0.1, 0.15) is 0 Å². The molecule has 0 bridgehead atoms. The molecular weight excluding hydrogens is 152 g/mol. The van der Waals surface area contributed by atoms with E-state index < -0.39 is 0 Å². The number of hydrogen-bond acceptors (Lipinski definition) is 2. The van der Waals surface area contributed by atoms with E-state index in [-0.39, 0.29) is 5.41 Å². The normalized spacial score (nSPS) is 11.7. The van der Waals surface area contributed by atoms with Crippen molar-refractivity contribution in [3.05, 3.63) is 12.3 Å². The molecule has 1 heterocycles. The Balaban J connectivity index is 2.64. The predicted octanol–water partition coefficient (Wildman–Crippen LogP) is 1.94. The number of ether oxygens (including phenoxy) is 1. The van der Waals surface area contributed by atoms with Crippen LogP contribution in [0.15, 0.2) is 12.3 Å². The predicted molar refractivity (Wildman–Crippen MR) is 48.2 cm³/mol. The Labute approximate surface area is 73.3 Å². The van der Waals surface area contributed by atoms with E-state index in [0.717, 1.165) is 6.54 Å². The van der Waals surface area contributed by atoms with Crippen LogP contribution in [0.2, 0.25) is 0 Å². The van der Waals surface area contributed by atoms with Gasteiger partial charge in [-0.3, -0.25) is 4.68 Å². The van der Waals surface area contributed by atoms with Crippen molar-refractivity contribution in [2.24, 2.45) is 5.41 Å². The van der Waals surface area contributed by atoms with Crippen molar-refractivity contribution in [1.82, 2.24) is 9.78 Å². The van der Waals surface area contributed by atoms with Crippen molar-refractivity contribution in [1.29, 1.82) is 0 Å². The summed E-state index contributed by atoms with van der Waals surface area (Å²) in [4.78, 5) is 0. The van der Waals surface area contributed by atoms with E-state index in [2.05, 4.69) is 25.9 Å². The average Bonchev–Trinajstić information content (AvgIpc) is 2.32. The van der Waals surface area contributed by atoms with Crippen molar-refractivity contribution in [3.63, 3.8) is 0 Å². The minimum atomic E-state index is 0.261. The Kier molecular flexibility index (Phi) is 2.40. The molecule has 0 saturated heterocycles. The molecule has 0 amide bonds. The molecule has 0 radical (unpaired) electrons. The molecule has 68 valence electrons. The molecule has 0 spiro atoms. The third-order valence-corrected chi connectivity index (χ3v) is 1.46. The number of aromatic nitrogens is 2. The summed E-state index contributed by atoms with van der Waals surface area (Å²) in [6.45, 7) is 7.46.